The van der Waals surface area contributed by atoms with E-state index in [4.69, 9.17) is 27.9 Å². The molecular formula is C20H17Cl2N7O2S. The van der Waals surface area contributed by atoms with Gasteiger partial charge in [-0.25, -0.2) is 4.68 Å². The van der Waals surface area contributed by atoms with Gasteiger partial charge in [0.15, 0.2) is 0 Å². The lowest BCUT2D eigenvalue weighted by atomic mass is 10.2. The van der Waals surface area contributed by atoms with Gasteiger partial charge in [-0.05, 0) is 40.3 Å². The number of rotatable bonds is 8. The lowest BCUT2D eigenvalue weighted by molar-refractivity contribution is -0.113. The number of thioether (sulfide) groups is 1. The average molecular weight is 490 g/mol. The number of hydrogen-bond donors (Lipinski definition) is 1. The average Bonchev–Trinajstić information content (AvgIpc) is 3.44. The van der Waals surface area contributed by atoms with Gasteiger partial charge in [0.1, 0.15) is 11.6 Å². The fourth-order valence-electron chi connectivity index (χ4n) is 2.85. The van der Waals surface area contributed by atoms with Gasteiger partial charge in [-0.15, -0.1) is 5.10 Å². The van der Waals surface area contributed by atoms with Crippen LogP contribution in [0.1, 0.15) is 5.56 Å². The molecule has 0 bridgehead atoms. The molecule has 2 aromatic carbocycles. The van der Waals surface area contributed by atoms with Crippen LogP contribution in [0.25, 0.3) is 5.69 Å². The monoisotopic (exact) mass is 489 g/mol. The van der Waals surface area contributed by atoms with Crippen LogP contribution in [0.2, 0.25) is 10.0 Å². The van der Waals surface area contributed by atoms with Crippen molar-refractivity contribution >= 4 is 46.7 Å². The number of amides is 1. The number of carbonyl (C=O) groups is 1. The first-order valence-electron chi connectivity index (χ1n) is 9.35. The highest BCUT2D eigenvalue weighted by Gasteiger charge is 2.16. The molecule has 0 radical (unpaired) electrons. The first kappa shape index (κ1) is 22.1. The van der Waals surface area contributed by atoms with Crippen LogP contribution in [-0.2, 0) is 11.3 Å². The van der Waals surface area contributed by atoms with E-state index >= 15 is 0 Å². The molecule has 1 amide bonds. The molecule has 164 valence electrons. The molecule has 0 aliphatic heterocycles. The fourth-order valence-corrected chi connectivity index (χ4v) is 3.91. The number of halogens is 2. The summed E-state index contributed by atoms with van der Waals surface area (Å²) in [5, 5.41) is 19.9. The highest BCUT2D eigenvalue weighted by molar-refractivity contribution is 7.99. The van der Waals surface area contributed by atoms with Crippen LogP contribution < -0.4 is 10.1 Å². The number of ether oxygens (including phenoxy) is 1. The van der Waals surface area contributed by atoms with Gasteiger partial charge >= 0.3 is 0 Å². The van der Waals surface area contributed by atoms with Crippen molar-refractivity contribution in [3.63, 3.8) is 0 Å². The summed E-state index contributed by atoms with van der Waals surface area (Å²) in [7, 11) is 1.62. The van der Waals surface area contributed by atoms with Crippen molar-refractivity contribution in [1.29, 1.82) is 0 Å². The second-order valence-electron chi connectivity index (χ2n) is 6.51. The summed E-state index contributed by atoms with van der Waals surface area (Å²) in [6, 6.07) is 14.6. The molecular weight excluding hydrogens is 473 g/mol. The summed E-state index contributed by atoms with van der Waals surface area (Å²) < 4.78 is 8.33. The maximum atomic E-state index is 12.5. The molecule has 32 heavy (non-hydrogen) atoms. The number of aromatic nitrogens is 6. The van der Waals surface area contributed by atoms with Crippen molar-refractivity contribution < 1.29 is 9.53 Å². The van der Waals surface area contributed by atoms with Crippen LogP contribution in [0, 0.1) is 0 Å². The second kappa shape index (κ2) is 10.0. The maximum Gasteiger partial charge on any atom is 0.235 e. The Morgan fingerprint density at radius 2 is 1.97 bits per heavy atom. The SMILES string of the molecule is COc1ccc(Cn2nccc2NC(=O)CSc2nnnn2-c2cccc(Cl)c2Cl)cc1. The highest BCUT2D eigenvalue weighted by atomic mass is 35.5. The number of nitrogens with one attached hydrogen (secondary N) is 1. The Morgan fingerprint density at radius 3 is 2.75 bits per heavy atom. The molecule has 0 saturated carbocycles. The largest absolute Gasteiger partial charge is 0.497 e. The van der Waals surface area contributed by atoms with E-state index in [0.717, 1.165) is 11.3 Å². The molecule has 0 aliphatic rings. The van der Waals surface area contributed by atoms with Crippen LogP contribution in [0.15, 0.2) is 59.9 Å². The number of nitrogens with zero attached hydrogens (tertiary/aromatic N) is 6. The third kappa shape index (κ3) is 5.04. The molecule has 2 heterocycles. The number of hydrogen-bond acceptors (Lipinski definition) is 7. The van der Waals surface area contributed by atoms with Crippen molar-refractivity contribution in [2.75, 3.05) is 18.2 Å². The molecule has 0 unspecified atom stereocenters. The van der Waals surface area contributed by atoms with Gasteiger partial charge in [0.2, 0.25) is 11.1 Å². The predicted molar refractivity (Wildman–Crippen MR) is 123 cm³/mol. The number of methoxy groups -OCH3 is 1. The van der Waals surface area contributed by atoms with Crippen molar-refractivity contribution in [3.8, 4) is 11.4 Å². The van der Waals surface area contributed by atoms with Crippen molar-refractivity contribution in [2.24, 2.45) is 0 Å². The van der Waals surface area contributed by atoms with E-state index in [-0.39, 0.29) is 11.7 Å². The summed E-state index contributed by atoms with van der Waals surface area (Å²) >= 11 is 13.5. The van der Waals surface area contributed by atoms with Gasteiger partial charge in [0.25, 0.3) is 0 Å². The zero-order valence-corrected chi connectivity index (χ0v) is 19.1. The molecule has 0 saturated heterocycles. The summed E-state index contributed by atoms with van der Waals surface area (Å²) in [6.07, 6.45) is 1.63. The van der Waals surface area contributed by atoms with E-state index < -0.39 is 0 Å². The standard InChI is InChI=1S/C20H17Cl2N7O2S/c1-31-14-7-5-13(6-8-14)11-28-17(9-10-23-28)24-18(30)12-32-20-25-26-27-29(20)16-4-2-3-15(21)19(16)22/h2-10H,11-12H2,1H3,(H,24,30). The molecule has 0 fully saturated rings. The Hall–Kier alpha value is -3.08. The van der Waals surface area contributed by atoms with Crippen LogP contribution in [0.4, 0.5) is 5.82 Å². The molecule has 0 aliphatic carbocycles. The molecule has 12 heteroatoms. The quantitative estimate of drug-likeness (QED) is 0.374. The van der Waals surface area contributed by atoms with E-state index in [1.165, 1.54) is 16.4 Å². The molecule has 2 aromatic heterocycles. The predicted octanol–water partition coefficient (Wildman–Crippen LogP) is 3.95. The minimum atomic E-state index is -0.224. The van der Waals surface area contributed by atoms with Gasteiger partial charge in [-0.2, -0.15) is 9.78 Å². The van der Waals surface area contributed by atoms with E-state index in [2.05, 4.69) is 25.9 Å². The Labute approximate surface area is 197 Å². The molecule has 9 nitrogen and oxygen atoms in total. The minimum absolute atomic E-state index is 0.0896. The van der Waals surface area contributed by atoms with E-state index in [1.54, 1.807) is 42.3 Å². The Morgan fingerprint density at radius 1 is 1.16 bits per heavy atom. The number of tetrazole rings is 1. The van der Waals surface area contributed by atoms with Crippen molar-refractivity contribution in [2.45, 2.75) is 11.7 Å². The highest BCUT2D eigenvalue weighted by Crippen LogP contribution is 2.30. The third-order valence-corrected chi connectivity index (χ3v) is 6.14. The van der Waals surface area contributed by atoms with E-state index in [9.17, 15) is 4.79 Å². The zero-order chi connectivity index (χ0) is 22.5. The zero-order valence-electron chi connectivity index (χ0n) is 16.8. The van der Waals surface area contributed by atoms with Crippen molar-refractivity contribution in [1.82, 2.24) is 30.0 Å². The first-order chi connectivity index (χ1) is 15.5. The summed E-state index contributed by atoms with van der Waals surface area (Å²) in [5.41, 5.74) is 1.56. The lowest BCUT2D eigenvalue weighted by Crippen LogP contribution is -2.18. The molecule has 0 spiro atoms. The van der Waals surface area contributed by atoms with Gasteiger partial charge in [-0.3, -0.25) is 4.79 Å². The Kier molecular flexibility index (Phi) is 6.93. The number of carbonyl (C=O) groups excluding carboxylic acids is 1. The normalized spacial score (nSPS) is 10.8. The van der Waals surface area contributed by atoms with Crippen LogP contribution in [0.3, 0.4) is 0 Å². The summed E-state index contributed by atoms with van der Waals surface area (Å²) in [4.78, 5) is 12.5. The molecule has 0 atom stereocenters. The van der Waals surface area contributed by atoms with E-state index in [1.807, 2.05) is 24.3 Å². The smallest absolute Gasteiger partial charge is 0.235 e. The van der Waals surface area contributed by atoms with E-state index in [0.29, 0.717) is 33.3 Å². The lowest BCUT2D eigenvalue weighted by Gasteiger charge is -2.10. The summed E-state index contributed by atoms with van der Waals surface area (Å²) in [5.74, 6) is 1.23. The second-order valence-corrected chi connectivity index (χ2v) is 8.23. The fraction of sp³-hybridized carbons (Fsp3) is 0.150. The van der Waals surface area contributed by atoms with Crippen molar-refractivity contribution in [3.05, 3.63) is 70.3 Å². The Bertz CT molecular complexity index is 1230. The topological polar surface area (TPSA) is 99.8 Å². The number of benzene rings is 2. The first-order valence-corrected chi connectivity index (χ1v) is 11.1. The number of anilines is 1. The van der Waals surface area contributed by atoms with Gasteiger partial charge in [-0.1, -0.05) is 53.2 Å². The van der Waals surface area contributed by atoms with Crippen LogP contribution >= 0.6 is 35.0 Å². The maximum absolute atomic E-state index is 12.5. The van der Waals surface area contributed by atoms with Gasteiger partial charge < -0.3 is 10.1 Å². The van der Waals surface area contributed by atoms with Crippen LogP contribution in [0.5, 0.6) is 5.75 Å². The summed E-state index contributed by atoms with van der Waals surface area (Å²) in [6.45, 7) is 0.505. The Balaban J connectivity index is 1.39. The van der Waals surface area contributed by atoms with Crippen LogP contribution in [-0.4, -0.2) is 48.8 Å². The van der Waals surface area contributed by atoms with Gasteiger partial charge in [0, 0.05) is 6.07 Å². The minimum Gasteiger partial charge on any atom is -0.497 e. The molecule has 4 rings (SSSR count). The third-order valence-electron chi connectivity index (χ3n) is 4.41. The molecule has 4 aromatic rings. The van der Waals surface area contributed by atoms with Gasteiger partial charge in [0.05, 0.1) is 41.3 Å². The molecule has 1 N–H and O–H groups in total.